The second-order valence-corrected chi connectivity index (χ2v) is 8.69. The number of hydrogen-bond donors (Lipinski definition) is 2. The number of ether oxygens (including phenoxy) is 1. The smallest absolute Gasteiger partial charge is 0.226 e. The van der Waals surface area contributed by atoms with Crippen LogP contribution in [0.15, 0.2) is 16.6 Å². The van der Waals surface area contributed by atoms with E-state index in [1.165, 1.54) is 4.90 Å². The minimum absolute atomic E-state index is 0.145. The summed E-state index contributed by atoms with van der Waals surface area (Å²) in [5, 5.41) is 9.94. The molecule has 26 heavy (non-hydrogen) atoms. The lowest BCUT2D eigenvalue weighted by Gasteiger charge is -2.35. The minimum Gasteiger partial charge on any atom is -0.503 e. The largest absolute Gasteiger partial charge is 0.503 e. The zero-order chi connectivity index (χ0) is 18.7. The first-order chi connectivity index (χ1) is 12.5. The molecule has 1 aromatic rings. The number of methoxy groups -OCH3 is 1. The molecule has 2 N–H and O–H groups in total. The Balaban J connectivity index is 1.52. The summed E-state index contributed by atoms with van der Waals surface area (Å²) in [5.74, 6) is 1.98. The number of nitrogens with zero attached hydrogens (tertiary/aromatic N) is 1. The third-order valence-corrected chi connectivity index (χ3v) is 6.50. The van der Waals surface area contributed by atoms with Crippen LogP contribution in [0.4, 0.5) is 0 Å². The predicted molar refractivity (Wildman–Crippen MR) is 104 cm³/mol. The molecule has 0 radical (unpaired) electrons. The molecule has 0 unspecified atom stereocenters. The van der Waals surface area contributed by atoms with Crippen LogP contribution in [0.25, 0.3) is 0 Å². The number of hydrogen-bond acceptors (Lipinski definition) is 3. The Labute approximate surface area is 164 Å². The Kier molecular flexibility index (Phi) is 6.46. The number of carbonyl (C=O) groups is 1. The van der Waals surface area contributed by atoms with Crippen molar-refractivity contribution in [3.63, 3.8) is 0 Å². The number of aromatic hydroxyl groups is 1. The highest BCUT2D eigenvalue weighted by atomic mass is 79.9. The normalized spacial score (nSPS) is 24.5. The Morgan fingerprint density at radius 3 is 2.54 bits per heavy atom. The molecule has 0 bridgehead atoms. The average Bonchev–Trinajstić information content (AvgIpc) is 2.65. The molecule has 0 saturated carbocycles. The molecule has 2 fully saturated rings. The number of likely N-dealkylation sites (tertiary alicyclic amines) is 2. The van der Waals surface area contributed by atoms with E-state index >= 15 is 0 Å². The van der Waals surface area contributed by atoms with Gasteiger partial charge in [0.15, 0.2) is 11.5 Å². The van der Waals surface area contributed by atoms with Crippen LogP contribution in [0.5, 0.6) is 11.5 Å². The van der Waals surface area contributed by atoms with Crippen molar-refractivity contribution in [1.29, 1.82) is 0 Å². The zero-order valence-corrected chi connectivity index (χ0v) is 17.3. The van der Waals surface area contributed by atoms with Gasteiger partial charge in [-0.2, -0.15) is 0 Å². The molecule has 3 rings (SSSR count). The number of carbonyl (C=O) groups excluding carboxylic acids is 1. The number of rotatable bonds is 4. The van der Waals surface area contributed by atoms with Crippen LogP contribution < -0.4 is 9.64 Å². The first-order valence-electron chi connectivity index (χ1n) is 9.65. The number of phenolic OH excluding ortho intramolecular Hbond substituents is 1. The van der Waals surface area contributed by atoms with Crippen molar-refractivity contribution in [3.8, 4) is 11.5 Å². The number of halogens is 1. The van der Waals surface area contributed by atoms with Crippen molar-refractivity contribution >= 4 is 21.8 Å². The van der Waals surface area contributed by atoms with Crippen molar-refractivity contribution in [2.24, 2.45) is 11.8 Å². The van der Waals surface area contributed by atoms with E-state index in [1.54, 1.807) is 7.11 Å². The van der Waals surface area contributed by atoms with Gasteiger partial charge in [-0.15, -0.1) is 0 Å². The van der Waals surface area contributed by atoms with Crippen molar-refractivity contribution in [1.82, 2.24) is 4.90 Å². The van der Waals surface area contributed by atoms with Gasteiger partial charge >= 0.3 is 0 Å². The Bertz CT molecular complexity index is 636. The van der Waals surface area contributed by atoms with Crippen LogP contribution in [0.1, 0.15) is 38.2 Å². The van der Waals surface area contributed by atoms with E-state index in [2.05, 4.69) is 27.8 Å². The summed E-state index contributed by atoms with van der Waals surface area (Å²) in [7, 11) is 1.57. The number of benzene rings is 1. The standard InChI is InChI=1S/C20H29BrN2O3/c1-14-3-9-23(10-4-14)20(25)16-5-7-22(8-6-16)13-15-11-17(21)19(24)18(12-15)26-2/h11-12,14,16,24H,3-10,13H2,1-2H3/p+1. The van der Waals surface area contributed by atoms with Crippen molar-refractivity contribution < 1.29 is 19.5 Å². The molecular weight excluding hydrogens is 396 g/mol. The van der Waals surface area contributed by atoms with E-state index < -0.39 is 0 Å². The van der Waals surface area contributed by atoms with Gasteiger partial charge in [-0.05, 0) is 46.8 Å². The minimum atomic E-state index is 0.145. The molecule has 144 valence electrons. The van der Waals surface area contributed by atoms with Gasteiger partial charge in [0.1, 0.15) is 6.54 Å². The van der Waals surface area contributed by atoms with Crippen molar-refractivity contribution in [2.75, 3.05) is 33.3 Å². The van der Waals surface area contributed by atoms with E-state index in [0.717, 1.165) is 69.9 Å². The average molecular weight is 426 g/mol. The van der Waals surface area contributed by atoms with Crippen molar-refractivity contribution in [2.45, 2.75) is 39.2 Å². The highest BCUT2D eigenvalue weighted by Gasteiger charge is 2.32. The molecule has 0 aliphatic carbocycles. The Hall–Kier alpha value is -1.27. The number of piperidine rings is 2. The fourth-order valence-electron chi connectivity index (χ4n) is 4.11. The molecule has 2 heterocycles. The van der Waals surface area contributed by atoms with Gasteiger partial charge in [0.25, 0.3) is 0 Å². The number of phenols is 1. The van der Waals surface area contributed by atoms with Gasteiger partial charge in [-0.25, -0.2) is 0 Å². The maximum absolute atomic E-state index is 12.8. The highest BCUT2D eigenvalue weighted by Crippen LogP contribution is 2.35. The molecule has 2 aliphatic rings. The molecule has 0 aromatic heterocycles. The summed E-state index contributed by atoms with van der Waals surface area (Å²) in [6, 6.07) is 3.86. The van der Waals surface area contributed by atoms with Crippen molar-refractivity contribution in [3.05, 3.63) is 22.2 Å². The quantitative estimate of drug-likeness (QED) is 0.777. The van der Waals surface area contributed by atoms with Gasteiger partial charge in [0, 0.05) is 37.4 Å². The van der Waals surface area contributed by atoms with Gasteiger partial charge in [-0.1, -0.05) is 6.92 Å². The maximum Gasteiger partial charge on any atom is 0.226 e. The molecular formula is C20H30BrN2O3+. The predicted octanol–water partition coefficient (Wildman–Crippen LogP) is 2.22. The van der Waals surface area contributed by atoms with Crippen LogP contribution in [-0.4, -0.2) is 49.2 Å². The monoisotopic (exact) mass is 425 g/mol. The molecule has 6 heteroatoms. The molecule has 0 atom stereocenters. The first-order valence-corrected chi connectivity index (χ1v) is 10.4. The second-order valence-electron chi connectivity index (χ2n) is 7.84. The first kappa shape index (κ1) is 19.5. The van der Waals surface area contributed by atoms with E-state index in [1.807, 2.05) is 12.1 Å². The third-order valence-electron chi connectivity index (χ3n) is 5.90. The van der Waals surface area contributed by atoms with Crippen LogP contribution in [0.3, 0.4) is 0 Å². The molecule has 5 nitrogen and oxygen atoms in total. The lowest BCUT2D eigenvalue weighted by Crippen LogP contribution is -3.11. The number of quaternary nitrogens is 1. The lowest BCUT2D eigenvalue weighted by molar-refractivity contribution is -0.919. The Morgan fingerprint density at radius 1 is 1.27 bits per heavy atom. The third kappa shape index (κ3) is 4.52. The highest BCUT2D eigenvalue weighted by molar-refractivity contribution is 9.10. The molecule has 1 amide bonds. The maximum atomic E-state index is 12.8. The number of nitrogens with one attached hydrogen (secondary N) is 1. The van der Waals surface area contributed by atoms with Gasteiger partial charge < -0.3 is 19.6 Å². The van der Waals surface area contributed by atoms with Gasteiger partial charge in [-0.3, -0.25) is 4.79 Å². The summed E-state index contributed by atoms with van der Waals surface area (Å²) in [4.78, 5) is 16.3. The van der Waals surface area contributed by atoms with Crippen LogP contribution >= 0.6 is 15.9 Å². The molecule has 2 aliphatic heterocycles. The van der Waals surface area contributed by atoms with Gasteiger partial charge in [0.05, 0.1) is 24.7 Å². The van der Waals surface area contributed by atoms with E-state index in [9.17, 15) is 9.90 Å². The summed E-state index contributed by atoms with van der Waals surface area (Å²) < 4.78 is 5.90. The second kappa shape index (κ2) is 8.61. The fourth-order valence-corrected chi connectivity index (χ4v) is 4.60. The zero-order valence-electron chi connectivity index (χ0n) is 15.8. The summed E-state index contributed by atoms with van der Waals surface area (Å²) in [5.41, 5.74) is 1.14. The summed E-state index contributed by atoms with van der Waals surface area (Å²) >= 11 is 3.39. The molecule has 0 spiro atoms. The van der Waals surface area contributed by atoms with Crippen LogP contribution in [-0.2, 0) is 11.3 Å². The topological polar surface area (TPSA) is 54.2 Å². The van der Waals surface area contributed by atoms with E-state index in [4.69, 9.17) is 4.74 Å². The summed E-state index contributed by atoms with van der Waals surface area (Å²) in [6.07, 6.45) is 4.23. The molecule has 2 saturated heterocycles. The van der Waals surface area contributed by atoms with E-state index in [0.29, 0.717) is 16.1 Å². The number of amides is 1. The van der Waals surface area contributed by atoms with Gasteiger partial charge in [0.2, 0.25) is 5.91 Å². The SMILES string of the molecule is COc1cc(C[NH+]2CCC(C(=O)N3CCC(C)CC3)CC2)cc(Br)c1O. The molecule has 1 aromatic carbocycles. The van der Waals surface area contributed by atoms with Crippen LogP contribution in [0, 0.1) is 11.8 Å². The summed E-state index contributed by atoms with van der Waals surface area (Å²) in [6.45, 7) is 7.07. The fraction of sp³-hybridized carbons (Fsp3) is 0.650. The lowest BCUT2D eigenvalue weighted by atomic mass is 9.92. The Morgan fingerprint density at radius 2 is 1.92 bits per heavy atom. The van der Waals surface area contributed by atoms with E-state index in [-0.39, 0.29) is 11.7 Å². The van der Waals surface area contributed by atoms with Crippen LogP contribution in [0.2, 0.25) is 0 Å².